The van der Waals surface area contributed by atoms with E-state index in [0.717, 1.165) is 12.1 Å². The Morgan fingerprint density at radius 1 is 1.03 bits per heavy atom. The highest BCUT2D eigenvalue weighted by Crippen LogP contribution is 2.19. The maximum atomic E-state index is 13.1. The lowest BCUT2D eigenvalue weighted by molar-refractivity contribution is -0.133. The van der Waals surface area contributed by atoms with Crippen molar-refractivity contribution >= 4 is 27.5 Å². The Kier molecular flexibility index (Phi) is 7.24. The van der Waals surface area contributed by atoms with Crippen molar-refractivity contribution in [2.24, 2.45) is 0 Å². The fourth-order valence-electron chi connectivity index (χ4n) is 3.24. The van der Waals surface area contributed by atoms with E-state index in [9.17, 15) is 22.4 Å². The fourth-order valence-corrected chi connectivity index (χ4v) is 4.66. The number of benzene rings is 2. The first-order valence-corrected chi connectivity index (χ1v) is 11.2. The fraction of sp³-hybridized carbons (Fsp3) is 0.333. The molecule has 1 aliphatic heterocycles. The Morgan fingerprint density at radius 2 is 1.71 bits per heavy atom. The van der Waals surface area contributed by atoms with Crippen LogP contribution in [0.1, 0.15) is 12.8 Å². The van der Waals surface area contributed by atoms with Crippen LogP contribution in [-0.4, -0.2) is 62.7 Å². The molecule has 0 atom stereocenters. The van der Waals surface area contributed by atoms with E-state index < -0.39 is 15.8 Å². The molecule has 2 aromatic rings. The minimum atomic E-state index is -3.74. The number of amides is 2. The van der Waals surface area contributed by atoms with Crippen molar-refractivity contribution in [3.8, 4) is 5.75 Å². The largest absolute Gasteiger partial charge is 0.497 e. The number of carbonyl (C=O) groups excluding carboxylic acids is 2. The number of hydrogen-bond donors (Lipinski definition) is 1. The second kappa shape index (κ2) is 9.88. The molecule has 0 aromatic heterocycles. The quantitative estimate of drug-likeness (QED) is 0.698. The Hall–Kier alpha value is -2.98. The second-order valence-corrected chi connectivity index (χ2v) is 8.96. The first-order valence-electron chi connectivity index (χ1n) is 9.77. The molecule has 0 aliphatic carbocycles. The molecular formula is C21H24FN3O5S. The number of halogens is 1. The number of piperazine rings is 1. The molecule has 0 bridgehead atoms. The standard InChI is InChI=1S/C21H24FN3O5S/c1-30-18-4-2-3-17(15-18)23-20(26)9-10-21(27)24-11-13-25(14-12-24)31(28,29)19-7-5-16(22)6-8-19/h2-8,15H,9-14H2,1H3,(H,23,26). The van der Waals surface area contributed by atoms with E-state index in [4.69, 9.17) is 4.74 Å². The van der Waals surface area contributed by atoms with Crippen molar-refractivity contribution in [3.63, 3.8) is 0 Å². The van der Waals surface area contributed by atoms with Gasteiger partial charge in [0.2, 0.25) is 21.8 Å². The first-order chi connectivity index (χ1) is 14.8. The van der Waals surface area contributed by atoms with E-state index >= 15 is 0 Å². The van der Waals surface area contributed by atoms with Gasteiger partial charge in [0, 0.05) is 50.8 Å². The number of sulfonamides is 1. The van der Waals surface area contributed by atoms with Crippen LogP contribution >= 0.6 is 0 Å². The van der Waals surface area contributed by atoms with Gasteiger partial charge in [0.05, 0.1) is 12.0 Å². The van der Waals surface area contributed by atoms with Gasteiger partial charge in [0.25, 0.3) is 0 Å². The summed E-state index contributed by atoms with van der Waals surface area (Å²) >= 11 is 0. The number of ether oxygens (including phenoxy) is 1. The van der Waals surface area contributed by atoms with Crippen LogP contribution in [0.3, 0.4) is 0 Å². The van der Waals surface area contributed by atoms with Crippen molar-refractivity contribution < 1.29 is 27.1 Å². The lowest BCUT2D eigenvalue weighted by Crippen LogP contribution is -2.50. The number of methoxy groups -OCH3 is 1. The summed E-state index contributed by atoms with van der Waals surface area (Å²) in [5.41, 5.74) is 0.580. The SMILES string of the molecule is COc1cccc(NC(=O)CCC(=O)N2CCN(S(=O)(=O)c3ccc(F)cc3)CC2)c1. The zero-order chi connectivity index (χ0) is 22.4. The summed E-state index contributed by atoms with van der Waals surface area (Å²) in [4.78, 5) is 26.1. The summed E-state index contributed by atoms with van der Waals surface area (Å²) in [6.45, 7) is 0.746. The Labute approximate surface area is 180 Å². The second-order valence-electron chi connectivity index (χ2n) is 7.02. The van der Waals surface area contributed by atoms with Gasteiger partial charge in [-0.2, -0.15) is 4.31 Å². The summed E-state index contributed by atoms with van der Waals surface area (Å²) in [5, 5.41) is 2.72. The molecule has 166 valence electrons. The molecule has 31 heavy (non-hydrogen) atoms. The van der Waals surface area contributed by atoms with Crippen molar-refractivity contribution in [1.82, 2.24) is 9.21 Å². The van der Waals surface area contributed by atoms with E-state index in [0.29, 0.717) is 11.4 Å². The van der Waals surface area contributed by atoms with Crippen molar-refractivity contribution in [3.05, 3.63) is 54.3 Å². The number of rotatable bonds is 7. The van der Waals surface area contributed by atoms with Gasteiger partial charge < -0.3 is 15.0 Å². The summed E-state index contributed by atoms with van der Waals surface area (Å²) in [7, 11) is -2.21. The molecule has 8 nitrogen and oxygen atoms in total. The van der Waals surface area contributed by atoms with Crippen LogP contribution in [0, 0.1) is 5.82 Å². The van der Waals surface area contributed by atoms with Gasteiger partial charge >= 0.3 is 0 Å². The Bertz CT molecular complexity index is 1040. The number of carbonyl (C=O) groups is 2. The summed E-state index contributed by atoms with van der Waals surface area (Å²) in [5.74, 6) is -0.397. The Balaban J connectivity index is 1.47. The van der Waals surface area contributed by atoms with E-state index in [1.165, 1.54) is 23.5 Å². The maximum Gasteiger partial charge on any atom is 0.243 e. The van der Waals surface area contributed by atoms with E-state index in [1.54, 1.807) is 29.2 Å². The number of hydrogen-bond acceptors (Lipinski definition) is 5. The number of nitrogens with one attached hydrogen (secondary N) is 1. The third kappa shape index (κ3) is 5.80. The molecule has 1 N–H and O–H groups in total. The molecule has 1 heterocycles. The lowest BCUT2D eigenvalue weighted by atomic mass is 10.2. The third-order valence-corrected chi connectivity index (χ3v) is 6.88. The first kappa shape index (κ1) is 22.7. The molecule has 3 rings (SSSR count). The van der Waals surface area contributed by atoms with Crippen LogP contribution in [0.25, 0.3) is 0 Å². The van der Waals surface area contributed by atoms with Gasteiger partial charge in [-0.05, 0) is 36.4 Å². The summed E-state index contributed by atoms with van der Waals surface area (Å²) in [6.07, 6.45) is 0.0463. The average Bonchev–Trinajstić information content (AvgIpc) is 2.78. The summed E-state index contributed by atoms with van der Waals surface area (Å²) in [6, 6.07) is 11.6. The normalized spacial score (nSPS) is 14.8. The molecule has 1 saturated heterocycles. The van der Waals surface area contributed by atoms with Gasteiger partial charge in [-0.25, -0.2) is 12.8 Å². The van der Waals surface area contributed by atoms with Crippen LogP contribution in [-0.2, 0) is 19.6 Å². The lowest BCUT2D eigenvalue weighted by Gasteiger charge is -2.34. The third-order valence-electron chi connectivity index (χ3n) is 4.96. The Morgan fingerprint density at radius 3 is 2.35 bits per heavy atom. The molecule has 10 heteroatoms. The number of nitrogens with zero attached hydrogens (tertiary/aromatic N) is 2. The highest BCUT2D eigenvalue weighted by atomic mass is 32.2. The zero-order valence-corrected chi connectivity index (χ0v) is 17.9. The van der Waals surface area contributed by atoms with E-state index in [2.05, 4.69) is 5.32 Å². The monoisotopic (exact) mass is 449 g/mol. The molecular weight excluding hydrogens is 425 g/mol. The predicted octanol–water partition coefficient (Wildman–Crippen LogP) is 2.09. The minimum absolute atomic E-state index is 0.0166. The van der Waals surface area contributed by atoms with Crippen molar-refractivity contribution in [2.45, 2.75) is 17.7 Å². The molecule has 2 amide bonds. The molecule has 1 aliphatic rings. The van der Waals surface area contributed by atoms with Crippen LogP contribution in [0.15, 0.2) is 53.4 Å². The average molecular weight is 450 g/mol. The molecule has 0 radical (unpaired) electrons. The predicted molar refractivity (Wildman–Crippen MR) is 113 cm³/mol. The zero-order valence-electron chi connectivity index (χ0n) is 17.1. The van der Waals surface area contributed by atoms with E-state index in [-0.39, 0.29) is 55.7 Å². The van der Waals surface area contributed by atoms with Gasteiger partial charge in [-0.15, -0.1) is 0 Å². The van der Waals surface area contributed by atoms with E-state index in [1.807, 2.05) is 0 Å². The van der Waals surface area contributed by atoms with Crippen molar-refractivity contribution in [2.75, 3.05) is 38.6 Å². The molecule has 1 fully saturated rings. The van der Waals surface area contributed by atoms with Gasteiger partial charge in [0.15, 0.2) is 0 Å². The van der Waals surface area contributed by atoms with Crippen LogP contribution in [0.5, 0.6) is 5.75 Å². The molecule has 0 spiro atoms. The van der Waals surface area contributed by atoms with Gasteiger partial charge in [-0.3, -0.25) is 9.59 Å². The van der Waals surface area contributed by atoms with Crippen LogP contribution in [0.2, 0.25) is 0 Å². The molecule has 0 unspecified atom stereocenters. The van der Waals surface area contributed by atoms with Crippen LogP contribution < -0.4 is 10.1 Å². The van der Waals surface area contributed by atoms with Crippen LogP contribution in [0.4, 0.5) is 10.1 Å². The van der Waals surface area contributed by atoms with Gasteiger partial charge in [-0.1, -0.05) is 6.07 Å². The van der Waals surface area contributed by atoms with Gasteiger partial charge in [0.1, 0.15) is 11.6 Å². The summed E-state index contributed by atoms with van der Waals surface area (Å²) < 4.78 is 44.7. The highest BCUT2D eigenvalue weighted by molar-refractivity contribution is 7.89. The smallest absolute Gasteiger partial charge is 0.243 e. The minimum Gasteiger partial charge on any atom is -0.497 e. The molecule has 0 saturated carbocycles. The topological polar surface area (TPSA) is 96.0 Å². The van der Waals surface area contributed by atoms with Crippen molar-refractivity contribution in [1.29, 1.82) is 0 Å². The maximum absolute atomic E-state index is 13.1. The highest BCUT2D eigenvalue weighted by Gasteiger charge is 2.30. The number of anilines is 1. The molecule has 2 aromatic carbocycles.